The predicted molar refractivity (Wildman–Crippen MR) is 82.4 cm³/mol. The van der Waals surface area contributed by atoms with Crippen molar-refractivity contribution >= 4 is 0 Å². The van der Waals surface area contributed by atoms with E-state index >= 15 is 0 Å². The van der Waals surface area contributed by atoms with Crippen molar-refractivity contribution in [1.82, 2.24) is 9.88 Å². The highest BCUT2D eigenvalue weighted by Crippen LogP contribution is 2.35. The van der Waals surface area contributed by atoms with Crippen LogP contribution in [0.15, 0.2) is 24.4 Å². The Kier molecular flexibility index (Phi) is 5.99. The highest BCUT2D eigenvalue weighted by molar-refractivity contribution is 5.03. The van der Waals surface area contributed by atoms with Crippen LogP contribution in [0.1, 0.15) is 51.1 Å². The van der Waals surface area contributed by atoms with Gasteiger partial charge in [-0.05, 0) is 31.5 Å². The van der Waals surface area contributed by atoms with Crippen molar-refractivity contribution in [3.63, 3.8) is 0 Å². The Morgan fingerprint density at radius 1 is 1.20 bits per heavy atom. The standard InChI is InChI=1S/C17H28N2O/c1-2-19(13-16-9-5-8-12-18-16)14-17(15-20)10-6-3-4-7-11-17/h5,8-9,12,20H,2-4,6-7,10-11,13-15H2,1H3. The summed E-state index contributed by atoms with van der Waals surface area (Å²) < 4.78 is 0. The van der Waals surface area contributed by atoms with E-state index in [0.29, 0.717) is 6.61 Å². The molecule has 1 fully saturated rings. The summed E-state index contributed by atoms with van der Waals surface area (Å²) in [7, 11) is 0. The van der Waals surface area contributed by atoms with Crippen LogP contribution in [0.5, 0.6) is 0 Å². The van der Waals surface area contributed by atoms with E-state index in [0.717, 1.165) is 25.3 Å². The summed E-state index contributed by atoms with van der Waals surface area (Å²) in [6, 6.07) is 6.09. The molecular formula is C17H28N2O. The fourth-order valence-corrected chi connectivity index (χ4v) is 3.32. The zero-order valence-corrected chi connectivity index (χ0v) is 12.7. The molecule has 112 valence electrons. The third-order valence-electron chi connectivity index (χ3n) is 4.62. The quantitative estimate of drug-likeness (QED) is 0.810. The molecule has 2 rings (SSSR count). The molecule has 20 heavy (non-hydrogen) atoms. The van der Waals surface area contributed by atoms with E-state index in [9.17, 15) is 5.11 Å². The van der Waals surface area contributed by atoms with Crippen molar-refractivity contribution in [2.75, 3.05) is 19.7 Å². The van der Waals surface area contributed by atoms with Gasteiger partial charge in [-0.1, -0.05) is 38.7 Å². The van der Waals surface area contributed by atoms with Gasteiger partial charge in [0.25, 0.3) is 0 Å². The summed E-state index contributed by atoms with van der Waals surface area (Å²) in [6.07, 6.45) is 9.38. The van der Waals surface area contributed by atoms with Gasteiger partial charge in [0.15, 0.2) is 0 Å². The SMILES string of the molecule is CCN(Cc1ccccn1)CC1(CO)CCCCCC1. The van der Waals surface area contributed by atoms with Gasteiger partial charge in [-0.25, -0.2) is 0 Å². The van der Waals surface area contributed by atoms with Gasteiger partial charge in [-0.2, -0.15) is 0 Å². The molecule has 1 aromatic heterocycles. The first-order valence-electron chi connectivity index (χ1n) is 8.01. The number of hydrogen-bond donors (Lipinski definition) is 1. The zero-order valence-electron chi connectivity index (χ0n) is 12.7. The predicted octanol–water partition coefficient (Wildman–Crippen LogP) is 3.24. The molecule has 1 heterocycles. The van der Waals surface area contributed by atoms with Crippen LogP contribution in [0.3, 0.4) is 0 Å². The maximum atomic E-state index is 9.93. The van der Waals surface area contributed by atoms with Gasteiger partial charge in [0.2, 0.25) is 0 Å². The van der Waals surface area contributed by atoms with Crippen molar-refractivity contribution in [2.45, 2.75) is 52.0 Å². The number of aromatic nitrogens is 1. The average molecular weight is 276 g/mol. The molecule has 0 saturated heterocycles. The van der Waals surface area contributed by atoms with Gasteiger partial charge in [0.05, 0.1) is 5.69 Å². The van der Waals surface area contributed by atoms with Crippen LogP contribution < -0.4 is 0 Å². The third kappa shape index (κ3) is 4.29. The molecule has 0 unspecified atom stereocenters. The molecule has 0 bridgehead atoms. The van der Waals surface area contributed by atoms with Crippen molar-refractivity contribution in [2.24, 2.45) is 5.41 Å². The molecule has 1 saturated carbocycles. The first-order chi connectivity index (χ1) is 9.78. The van der Waals surface area contributed by atoms with E-state index in [1.165, 1.54) is 38.5 Å². The Labute approximate surface area is 123 Å². The van der Waals surface area contributed by atoms with Crippen LogP contribution >= 0.6 is 0 Å². The van der Waals surface area contributed by atoms with E-state index in [1.54, 1.807) is 0 Å². The second-order valence-electron chi connectivity index (χ2n) is 6.20. The minimum absolute atomic E-state index is 0.112. The van der Waals surface area contributed by atoms with Gasteiger partial charge in [-0.15, -0.1) is 0 Å². The van der Waals surface area contributed by atoms with Crippen molar-refractivity contribution in [1.29, 1.82) is 0 Å². The van der Waals surface area contributed by atoms with Crippen LogP contribution in [-0.4, -0.2) is 34.7 Å². The summed E-state index contributed by atoms with van der Waals surface area (Å²) in [6.45, 7) is 5.42. The van der Waals surface area contributed by atoms with E-state index in [4.69, 9.17) is 0 Å². The van der Waals surface area contributed by atoms with E-state index < -0.39 is 0 Å². The number of aliphatic hydroxyl groups excluding tert-OH is 1. The van der Waals surface area contributed by atoms with Crippen LogP contribution in [0.2, 0.25) is 0 Å². The fourth-order valence-electron chi connectivity index (χ4n) is 3.32. The van der Waals surface area contributed by atoms with Gasteiger partial charge in [0, 0.05) is 31.3 Å². The lowest BCUT2D eigenvalue weighted by Gasteiger charge is -2.36. The smallest absolute Gasteiger partial charge is 0.0543 e. The summed E-state index contributed by atoms with van der Waals surface area (Å²) in [4.78, 5) is 6.86. The van der Waals surface area contributed by atoms with Crippen LogP contribution in [0.4, 0.5) is 0 Å². The number of pyridine rings is 1. The Bertz CT molecular complexity index is 372. The lowest BCUT2D eigenvalue weighted by Crippen LogP contribution is -2.40. The molecule has 0 amide bonds. The number of nitrogens with zero attached hydrogens (tertiary/aromatic N) is 2. The summed E-state index contributed by atoms with van der Waals surface area (Å²) in [5.41, 5.74) is 1.23. The van der Waals surface area contributed by atoms with Crippen molar-refractivity contribution in [3.8, 4) is 0 Å². The summed E-state index contributed by atoms with van der Waals surface area (Å²) >= 11 is 0. The monoisotopic (exact) mass is 276 g/mol. The Balaban J connectivity index is 1.99. The Morgan fingerprint density at radius 2 is 1.95 bits per heavy atom. The van der Waals surface area contributed by atoms with Gasteiger partial charge >= 0.3 is 0 Å². The molecule has 1 aromatic rings. The van der Waals surface area contributed by atoms with Gasteiger partial charge in [0.1, 0.15) is 0 Å². The molecule has 0 radical (unpaired) electrons. The summed E-state index contributed by atoms with van der Waals surface area (Å²) in [5, 5.41) is 9.93. The first-order valence-corrected chi connectivity index (χ1v) is 8.01. The van der Waals surface area contributed by atoms with Gasteiger partial charge in [-0.3, -0.25) is 9.88 Å². The lowest BCUT2D eigenvalue weighted by atomic mass is 9.80. The molecule has 0 atom stereocenters. The Morgan fingerprint density at radius 3 is 2.50 bits per heavy atom. The molecule has 0 spiro atoms. The molecule has 3 nitrogen and oxygen atoms in total. The van der Waals surface area contributed by atoms with Crippen LogP contribution in [0, 0.1) is 5.41 Å². The second-order valence-corrected chi connectivity index (χ2v) is 6.20. The molecule has 3 heteroatoms. The number of aliphatic hydroxyl groups is 1. The highest BCUT2D eigenvalue weighted by Gasteiger charge is 2.32. The third-order valence-corrected chi connectivity index (χ3v) is 4.62. The fraction of sp³-hybridized carbons (Fsp3) is 0.706. The van der Waals surface area contributed by atoms with Crippen LogP contribution in [-0.2, 0) is 6.54 Å². The minimum atomic E-state index is 0.112. The van der Waals surface area contributed by atoms with Gasteiger partial charge < -0.3 is 5.11 Å². The first kappa shape index (κ1) is 15.5. The van der Waals surface area contributed by atoms with E-state index in [2.05, 4.69) is 22.9 Å². The molecule has 1 aliphatic carbocycles. The normalized spacial score (nSPS) is 18.9. The maximum absolute atomic E-state index is 9.93. The summed E-state index contributed by atoms with van der Waals surface area (Å²) in [5.74, 6) is 0. The molecule has 0 aliphatic heterocycles. The minimum Gasteiger partial charge on any atom is -0.396 e. The second kappa shape index (κ2) is 7.75. The largest absolute Gasteiger partial charge is 0.396 e. The molecule has 1 N–H and O–H groups in total. The lowest BCUT2D eigenvalue weighted by molar-refractivity contribution is 0.0579. The number of hydrogen-bond acceptors (Lipinski definition) is 3. The molecule has 1 aliphatic rings. The number of rotatable bonds is 6. The maximum Gasteiger partial charge on any atom is 0.0543 e. The van der Waals surface area contributed by atoms with Crippen molar-refractivity contribution < 1.29 is 5.11 Å². The van der Waals surface area contributed by atoms with Crippen molar-refractivity contribution in [3.05, 3.63) is 30.1 Å². The Hall–Kier alpha value is -0.930. The highest BCUT2D eigenvalue weighted by atomic mass is 16.3. The zero-order chi connectivity index (χ0) is 14.3. The van der Waals surface area contributed by atoms with E-state index in [1.807, 2.05) is 18.3 Å². The van der Waals surface area contributed by atoms with E-state index in [-0.39, 0.29) is 5.41 Å². The average Bonchev–Trinajstić information content (AvgIpc) is 2.74. The topological polar surface area (TPSA) is 36.4 Å². The van der Waals surface area contributed by atoms with Crippen LogP contribution in [0.25, 0.3) is 0 Å². The molecular weight excluding hydrogens is 248 g/mol. The molecule has 0 aromatic carbocycles.